The maximum absolute atomic E-state index is 11.7. The molecule has 0 spiro atoms. The van der Waals surface area contributed by atoms with Crippen molar-refractivity contribution in [1.29, 1.82) is 0 Å². The Morgan fingerprint density at radius 1 is 1.42 bits per heavy atom. The van der Waals surface area contributed by atoms with Crippen LogP contribution < -0.4 is 16.6 Å². The highest BCUT2D eigenvalue weighted by Gasteiger charge is 2.20. The summed E-state index contributed by atoms with van der Waals surface area (Å²) >= 11 is 0. The first-order valence-corrected chi connectivity index (χ1v) is 5.30. The molecule has 0 fully saturated rings. The van der Waals surface area contributed by atoms with Crippen LogP contribution in [0.3, 0.4) is 0 Å². The number of carboxylic acids is 1. The molecule has 1 amide bonds. The Morgan fingerprint density at radius 3 is 2.63 bits per heavy atom. The number of carboxylic acid groups (broad SMARTS) is 1. The summed E-state index contributed by atoms with van der Waals surface area (Å²) in [6, 6.07) is -0.304. The topological polar surface area (TPSA) is 141 Å². The maximum Gasteiger partial charge on any atom is 0.326 e. The van der Waals surface area contributed by atoms with E-state index in [0.29, 0.717) is 0 Å². The van der Waals surface area contributed by atoms with E-state index in [1.165, 1.54) is 7.11 Å². The summed E-state index contributed by atoms with van der Waals surface area (Å²) in [5.41, 5.74) is -1.91. The summed E-state index contributed by atoms with van der Waals surface area (Å²) in [6.07, 6.45) is 0.0605. The largest absolute Gasteiger partial charge is 0.480 e. The van der Waals surface area contributed by atoms with E-state index in [2.05, 4.69) is 10.3 Å². The second kappa shape index (κ2) is 6.50. The number of rotatable bonds is 6. The lowest BCUT2D eigenvalue weighted by atomic mass is 10.2. The Bertz CT molecular complexity index is 547. The fraction of sp³-hybridized carbons (Fsp3) is 0.400. The van der Waals surface area contributed by atoms with Crippen LogP contribution in [-0.2, 0) is 9.53 Å². The number of aliphatic carboxylic acids is 1. The predicted molar refractivity (Wildman–Crippen MR) is 63.1 cm³/mol. The van der Waals surface area contributed by atoms with E-state index < -0.39 is 29.2 Å². The number of amides is 1. The van der Waals surface area contributed by atoms with Gasteiger partial charge in [-0.25, -0.2) is 9.59 Å². The first kappa shape index (κ1) is 14.6. The van der Waals surface area contributed by atoms with Gasteiger partial charge in [-0.3, -0.25) is 14.6 Å². The number of aromatic amines is 2. The molecule has 9 heteroatoms. The summed E-state index contributed by atoms with van der Waals surface area (Å²) in [4.78, 5) is 48.6. The Kier molecular flexibility index (Phi) is 5.01. The standard InChI is InChI=1S/C10H13N3O6/c1-19-3-2-5(9(16)17)11-8(15)6-4-7(14)13-10(18)12-6/h4-5H,2-3H2,1H3,(H,11,15)(H,16,17)(H2,12,13,14,18). The highest BCUT2D eigenvalue weighted by atomic mass is 16.5. The van der Waals surface area contributed by atoms with Gasteiger partial charge >= 0.3 is 11.7 Å². The van der Waals surface area contributed by atoms with Crippen LogP contribution in [0.5, 0.6) is 0 Å². The smallest absolute Gasteiger partial charge is 0.326 e. The normalized spacial score (nSPS) is 11.8. The molecule has 0 aliphatic heterocycles. The average molecular weight is 271 g/mol. The molecule has 0 bridgehead atoms. The SMILES string of the molecule is COCCC(NC(=O)c1cc(=O)[nH]c(=O)[nH]1)C(=O)O. The quantitative estimate of drug-likeness (QED) is 0.485. The first-order chi connectivity index (χ1) is 8.93. The lowest BCUT2D eigenvalue weighted by Crippen LogP contribution is -2.42. The third-order valence-electron chi connectivity index (χ3n) is 2.22. The van der Waals surface area contributed by atoms with Crippen LogP contribution in [0.25, 0.3) is 0 Å². The van der Waals surface area contributed by atoms with Crippen molar-refractivity contribution in [3.05, 3.63) is 32.6 Å². The molecule has 104 valence electrons. The minimum absolute atomic E-state index is 0.0605. The molecule has 1 unspecified atom stereocenters. The zero-order chi connectivity index (χ0) is 14.4. The number of carbonyl (C=O) groups excluding carboxylic acids is 1. The van der Waals surface area contributed by atoms with Gasteiger partial charge in [-0.05, 0) is 0 Å². The summed E-state index contributed by atoms with van der Waals surface area (Å²) in [6.45, 7) is 0.142. The monoisotopic (exact) mass is 271 g/mol. The van der Waals surface area contributed by atoms with Gasteiger partial charge in [0.1, 0.15) is 11.7 Å². The minimum atomic E-state index is -1.24. The van der Waals surface area contributed by atoms with E-state index >= 15 is 0 Å². The van der Waals surface area contributed by atoms with Crippen LogP contribution >= 0.6 is 0 Å². The van der Waals surface area contributed by atoms with E-state index in [1.807, 2.05) is 4.98 Å². The van der Waals surface area contributed by atoms with Gasteiger partial charge in [-0.15, -0.1) is 0 Å². The van der Waals surface area contributed by atoms with Crippen molar-refractivity contribution in [3.8, 4) is 0 Å². The van der Waals surface area contributed by atoms with Crippen LogP contribution in [0.15, 0.2) is 15.7 Å². The lowest BCUT2D eigenvalue weighted by Gasteiger charge is -2.13. The number of carbonyl (C=O) groups is 2. The maximum atomic E-state index is 11.7. The van der Waals surface area contributed by atoms with Gasteiger partial charge in [0, 0.05) is 26.2 Å². The lowest BCUT2D eigenvalue weighted by molar-refractivity contribution is -0.139. The van der Waals surface area contributed by atoms with Crippen LogP contribution in [0.4, 0.5) is 0 Å². The third-order valence-corrected chi connectivity index (χ3v) is 2.22. The summed E-state index contributed by atoms with van der Waals surface area (Å²) in [5, 5.41) is 11.1. The van der Waals surface area contributed by atoms with Crippen LogP contribution in [0.1, 0.15) is 16.9 Å². The molecule has 0 aliphatic carbocycles. The van der Waals surface area contributed by atoms with Gasteiger partial charge in [-0.2, -0.15) is 0 Å². The van der Waals surface area contributed by atoms with Gasteiger partial charge in [0.2, 0.25) is 0 Å². The van der Waals surface area contributed by atoms with Crippen LogP contribution in [0.2, 0.25) is 0 Å². The predicted octanol–water partition coefficient (Wildman–Crippen LogP) is -1.72. The van der Waals surface area contributed by atoms with Gasteiger partial charge in [-0.1, -0.05) is 0 Å². The van der Waals surface area contributed by atoms with E-state index in [1.54, 1.807) is 0 Å². The third kappa shape index (κ3) is 4.39. The van der Waals surface area contributed by atoms with Crippen LogP contribution in [-0.4, -0.2) is 46.7 Å². The Balaban J connectivity index is 2.84. The highest BCUT2D eigenvalue weighted by molar-refractivity contribution is 5.94. The van der Waals surface area contributed by atoms with Gasteiger partial charge in [0.25, 0.3) is 11.5 Å². The average Bonchev–Trinajstić information content (AvgIpc) is 2.32. The molecular weight excluding hydrogens is 258 g/mol. The van der Waals surface area contributed by atoms with Crippen molar-refractivity contribution in [2.45, 2.75) is 12.5 Å². The molecule has 1 rings (SSSR count). The summed E-state index contributed by atoms with van der Waals surface area (Å²) in [7, 11) is 1.40. The molecule has 0 aliphatic rings. The van der Waals surface area contributed by atoms with E-state index in [4.69, 9.17) is 9.84 Å². The second-order valence-corrected chi connectivity index (χ2v) is 3.65. The molecule has 4 N–H and O–H groups in total. The molecule has 1 heterocycles. The molecule has 1 aromatic rings. The number of methoxy groups -OCH3 is 1. The molecule has 9 nitrogen and oxygen atoms in total. The fourth-order valence-corrected chi connectivity index (χ4v) is 1.32. The Morgan fingerprint density at radius 2 is 2.11 bits per heavy atom. The molecule has 1 aromatic heterocycles. The number of aromatic nitrogens is 2. The fourth-order valence-electron chi connectivity index (χ4n) is 1.32. The van der Waals surface area contributed by atoms with Crippen LogP contribution in [0, 0.1) is 0 Å². The first-order valence-electron chi connectivity index (χ1n) is 5.30. The molecule has 0 radical (unpaired) electrons. The molecular formula is C10H13N3O6. The second-order valence-electron chi connectivity index (χ2n) is 3.65. The summed E-state index contributed by atoms with van der Waals surface area (Å²) in [5.74, 6) is -2.09. The van der Waals surface area contributed by atoms with Crippen molar-refractivity contribution in [2.75, 3.05) is 13.7 Å². The Hall–Kier alpha value is -2.42. The molecule has 0 saturated carbocycles. The number of hydrogen-bond acceptors (Lipinski definition) is 5. The number of ether oxygens (including phenoxy) is 1. The Labute approximate surface area is 106 Å². The van der Waals surface area contributed by atoms with Gasteiger partial charge < -0.3 is 20.1 Å². The van der Waals surface area contributed by atoms with Gasteiger partial charge in [0.05, 0.1) is 0 Å². The number of hydrogen-bond donors (Lipinski definition) is 4. The number of H-pyrrole nitrogens is 2. The zero-order valence-corrected chi connectivity index (χ0v) is 10.1. The molecule has 0 saturated heterocycles. The molecule has 0 aromatic carbocycles. The molecule has 19 heavy (non-hydrogen) atoms. The van der Waals surface area contributed by atoms with Crippen molar-refractivity contribution in [1.82, 2.24) is 15.3 Å². The van der Waals surface area contributed by atoms with Crippen molar-refractivity contribution >= 4 is 11.9 Å². The molecule has 1 atom stereocenters. The van der Waals surface area contributed by atoms with E-state index in [0.717, 1.165) is 6.07 Å². The highest BCUT2D eigenvalue weighted by Crippen LogP contribution is 1.96. The minimum Gasteiger partial charge on any atom is -0.480 e. The van der Waals surface area contributed by atoms with E-state index in [9.17, 15) is 19.2 Å². The van der Waals surface area contributed by atoms with Crippen molar-refractivity contribution < 1.29 is 19.4 Å². The zero-order valence-electron chi connectivity index (χ0n) is 10.1. The van der Waals surface area contributed by atoms with E-state index in [-0.39, 0.29) is 18.7 Å². The summed E-state index contributed by atoms with van der Waals surface area (Å²) < 4.78 is 4.72. The van der Waals surface area contributed by atoms with Crippen molar-refractivity contribution in [3.63, 3.8) is 0 Å². The number of nitrogens with one attached hydrogen (secondary N) is 3. The van der Waals surface area contributed by atoms with Gasteiger partial charge in [0.15, 0.2) is 0 Å². The van der Waals surface area contributed by atoms with Crippen molar-refractivity contribution in [2.24, 2.45) is 0 Å².